The Bertz CT molecular complexity index is 425. The monoisotopic (exact) mass is 264 g/mol. The maximum atomic E-state index is 12.5. The molecule has 4 heteroatoms. The lowest BCUT2D eigenvalue weighted by Crippen LogP contribution is -2.33. The normalized spacial score (nSPS) is 28.4. The summed E-state index contributed by atoms with van der Waals surface area (Å²) < 4.78 is 0. The van der Waals surface area contributed by atoms with Crippen molar-refractivity contribution in [3.63, 3.8) is 0 Å². The van der Waals surface area contributed by atoms with Crippen molar-refractivity contribution in [2.24, 2.45) is 5.92 Å². The molecule has 2 atom stereocenters. The Labute approximate surface area is 112 Å². The lowest BCUT2D eigenvalue weighted by atomic mass is 10.0. The van der Waals surface area contributed by atoms with Crippen LogP contribution in [0, 0.1) is 5.92 Å². The van der Waals surface area contributed by atoms with Gasteiger partial charge in [0.25, 0.3) is 0 Å². The average molecular weight is 264 g/mol. The topological polar surface area (TPSA) is 32.3 Å². The Kier molecular flexibility index (Phi) is 3.16. The molecule has 1 saturated carbocycles. The van der Waals surface area contributed by atoms with Gasteiger partial charge in [-0.3, -0.25) is 10.1 Å². The van der Waals surface area contributed by atoms with Gasteiger partial charge in [-0.15, -0.1) is 11.3 Å². The van der Waals surface area contributed by atoms with Crippen LogP contribution < -0.4 is 5.32 Å². The summed E-state index contributed by atoms with van der Waals surface area (Å²) in [5.74, 6) is 0.860. The van der Waals surface area contributed by atoms with Gasteiger partial charge in [0.1, 0.15) is 6.17 Å². The molecule has 1 aromatic heterocycles. The van der Waals surface area contributed by atoms with Crippen LogP contribution in [0.5, 0.6) is 0 Å². The zero-order valence-corrected chi connectivity index (χ0v) is 11.7. The summed E-state index contributed by atoms with van der Waals surface area (Å²) in [5, 5.41) is 5.62. The quantitative estimate of drug-likeness (QED) is 0.907. The molecule has 1 aliphatic carbocycles. The van der Waals surface area contributed by atoms with Crippen LogP contribution in [0.4, 0.5) is 0 Å². The van der Waals surface area contributed by atoms with Crippen LogP contribution >= 0.6 is 11.3 Å². The SMILES string of the molecule is CC(C)CC1NC(c2cccs2)N(C2CC2)C1=O. The van der Waals surface area contributed by atoms with Crippen molar-refractivity contribution in [2.75, 3.05) is 0 Å². The molecule has 1 saturated heterocycles. The van der Waals surface area contributed by atoms with E-state index in [0.29, 0.717) is 17.9 Å². The van der Waals surface area contributed by atoms with E-state index in [-0.39, 0.29) is 12.2 Å². The van der Waals surface area contributed by atoms with Crippen molar-refractivity contribution in [3.8, 4) is 0 Å². The van der Waals surface area contributed by atoms with E-state index in [1.54, 1.807) is 11.3 Å². The number of rotatable bonds is 4. The van der Waals surface area contributed by atoms with Crippen LogP contribution in [0.15, 0.2) is 17.5 Å². The summed E-state index contributed by atoms with van der Waals surface area (Å²) in [7, 11) is 0. The molecule has 0 bridgehead atoms. The first-order chi connectivity index (χ1) is 8.66. The molecule has 1 aromatic rings. The molecule has 0 aromatic carbocycles. The third kappa shape index (κ3) is 2.19. The molecular weight excluding hydrogens is 244 g/mol. The number of carbonyl (C=O) groups excluding carboxylic acids is 1. The van der Waals surface area contributed by atoms with Crippen LogP contribution in [-0.2, 0) is 4.79 Å². The van der Waals surface area contributed by atoms with Gasteiger partial charge in [0, 0.05) is 10.9 Å². The summed E-state index contributed by atoms with van der Waals surface area (Å²) >= 11 is 1.74. The minimum atomic E-state index is 0.0118. The number of hydrogen-bond acceptors (Lipinski definition) is 3. The molecule has 3 nitrogen and oxygen atoms in total. The van der Waals surface area contributed by atoms with Gasteiger partial charge in [0.15, 0.2) is 0 Å². The van der Waals surface area contributed by atoms with Gasteiger partial charge in [-0.2, -0.15) is 0 Å². The van der Waals surface area contributed by atoms with E-state index in [9.17, 15) is 4.79 Å². The van der Waals surface area contributed by atoms with E-state index in [0.717, 1.165) is 6.42 Å². The maximum absolute atomic E-state index is 12.5. The van der Waals surface area contributed by atoms with Crippen molar-refractivity contribution >= 4 is 17.2 Å². The van der Waals surface area contributed by atoms with Crippen molar-refractivity contribution < 1.29 is 4.79 Å². The summed E-state index contributed by atoms with van der Waals surface area (Å²) in [5.41, 5.74) is 0. The molecular formula is C14H20N2OS. The van der Waals surface area contributed by atoms with Gasteiger partial charge in [0.2, 0.25) is 5.91 Å². The molecule has 0 spiro atoms. The van der Waals surface area contributed by atoms with Crippen LogP contribution in [0.3, 0.4) is 0 Å². The number of nitrogens with one attached hydrogen (secondary N) is 1. The molecule has 18 heavy (non-hydrogen) atoms. The number of amides is 1. The molecule has 2 unspecified atom stereocenters. The molecule has 2 fully saturated rings. The summed E-state index contributed by atoms with van der Waals surface area (Å²) in [6, 6.07) is 4.68. The molecule has 1 amide bonds. The highest BCUT2D eigenvalue weighted by atomic mass is 32.1. The second-order valence-electron chi connectivity index (χ2n) is 5.74. The number of hydrogen-bond donors (Lipinski definition) is 1. The van der Waals surface area contributed by atoms with E-state index >= 15 is 0 Å². The average Bonchev–Trinajstić information content (AvgIpc) is 2.89. The van der Waals surface area contributed by atoms with Gasteiger partial charge in [0.05, 0.1) is 6.04 Å². The predicted molar refractivity (Wildman–Crippen MR) is 73.3 cm³/mol. The van der Waals surface area contributed by atoms with Gasteiger partial charge in [-0.25, -0.2) is 0 Å². The summed E-state index contributed by atoms with van der Waals surface area (Å²) in [6.45, 7) is 4.35. The molecule has 2 aliphatic rings. The minimum absolute atomic E-state index is 0.0118. The molecule has 1 N–H and O–H groups in total. The molecule has 98 valence electrons. The van der Waals surface area contributed by atoms with E-state index in [2.05, 4.69) is 41.6 Å². The van der Waals surface area contributed by atoms with Gasteiger partial charge in [-0.05, 0) is 36.6 Å². The lowest BCUT2D eigenvalue weighted by Gasteiger charge is -2.22. The Balaban J connectivity index is 1.82. The van der Waals surface area contributed by atoms with Crippen LogP contribution in [-0.4, -0.2) is 22.9 Å². The first-order valence-electron chi connectivity index (χ1n) is 6.78. The number of thiophene rings is 1. The minimum Gasteiger partial charge on any atom is -0.318 e. The Hall–Kier alpha value is -0.870. The highest BCUT2D eigenvalue weighted by molar-refractivity contribution is 7.10. The van der Waals surface area contributed by atoms with Gasteiger partial charge < -0.3 is 4.90 Å². The first kappa shape index (κ1) is 12.2. The fourth-order valence-corrected chi connectivity index (χ4v) is 3.48. The maximum Gasteiger partial charge on any atom is 0.241 e. The molecule has 2 heterocycles. The van der Waals surface area contributed by atoms with E-state index in [1.807, 2.05) is 0 Å². The standard InChI is InChI=1S/C14H20N2OS/c1-9(2)8-11-14(17)16(10-5-6-10)13(15-11)12-4-3-7-18-12/h3-4,7,9-11,13,15H,5-6,8H2,1-2H3. The van der Waals surface area contributed by atoms with Crippen LogP contribution in [0.2, 0.25) is 0 Å². The third-order valence-corrected chi connectivity index (χ3v) is 4.57. The Morgan fingerprint density at radius 3 is 2.83 bits per heavy atom. The Morgan fingerprint density at radius 2 is 2.28 bits per heavy atom. The summed E-state index contributed by atoms with van der Waals surface area (Å²) in [6.07, 6.45) is 3.39. The highest BCUT2D eigenvalue weighted by Crippen LogP contribution is 2.39. The smallest absolute Gasteiger partial charge is 0.241 e. The fourth-order valence-electron chi connectivity index (χ4n) is 2.70. The van der Waals surface area contributed by atoms with Gasteiger partial charge in [-0.1, -0.05) is 19.9 Å². The Morgan fingerprint density at radius 1 is 1.50 bits per heavy atom. The van der Waals surface area contributed by atoms with Crippen molar-refractivity contribution in [1.29, 1.82) is 0 Å². The van der Waals surface area contributed by atoms with Gasteiger partial charge >= 0.3 is 0 Å². The summed E-state index contributed by atoms with van der Waals surface area (Å²) in [4.78, 5) is 15.9. The number of nitrogens with zero attached hydrogens (tertiary/aromatic N) is 1. The van der Waals surface area contributed by atoms with Crippen LogP contribution in [0.25, 0.3) is 0 Å². The van der Waals surface area contributed by atoms with Crippen molar-refractivity contribution in [1.82, 2.24) is 10.2 Å². The second-order valence-corrected chi connectivity index (χ2v) is 6.72. The van der Waals surface area contributed by atoms with E-state index in [4.69, 9.17) is 0 Å². The third-order valence-electron chi connectivity index (χ3n) is 3.65. The van der Waals surface area contributed by atoms with Crippen molar-refractivity contribution in [2.45, 2.75) is 51.4 Å². The fraction of sp³-hybridized carbons (Fsp3) is 0.643. The molecule has 3 rings (SSSR count). The molecule has 0 radical (unpaired) electrons. The van der Waals surface area contributed by atoms with E-state index in [1.165, 1.54) is 17.7 Å². The predicted octanol–water partition coefficient (Wildman–Crippen LogP) is 2.76. The van der Waals surface area contributed by atoms with Crippen LogP contribution in [0.1, 0.15) is 44.2 Å². The zero-order valence-electron chi connectivity index (χ0n) is 10.9. The first-order valence-corrected chi connectivity index (χ1v) is 7.66. The van der Waals surface area contributed by atoms with E-state index < -0.39 is 0 Å². The molecule has 1 aliphatic heterocycles. The highest BCUT2D eigenvalue weighted by Gasteiger charge is 2.46. The number of carbonyl (C=O) groups is 1. The van der Waals surface area contributed by atoms with Crippen molar-refractivity contribution in [3.05, 3.63) is 22.4 Å². The second kappa shape index (κ2) is 4.67. The zero-order chi connectivity index (χ0) is 12.7. The largest absolute Gasteiger partial charge is 0.318 e. The lowest BCUT2D eigenvalue weighted by molar-refractivity contribution is -0.130.